The van der Waals surface area contributed by atoms with Gasteiger partial charge in [0.25, 0.3) is 0 Å². The van der Waals surface area contributed by atoms with E-state index in [1.54, 1.807) is 0 Å². The molecule has 5 rings (SSSR count). The van der Waals surface area contributed by atoms with Gasteiger partial charge in [-0.25, -0.2) is 0 Å². The van der Waals surface area contributed by atoms with Gasteiger partial charge in [0.2, 0.25) is 5.91 Å². The second-order valence-corrected chi connectivity index (χ2v) is 8.28. The topological polar surface area (TPSA) is 58.6 Å². The molecule has 2 heterocycles. The summed E-state index contributed by atoms with van der Waals surface area (Å²) in [5, 5.41) is 2.98. The highest BCUT2D eigenvalue weighted by molar-refractivity contribution is 6.13. The number of fused-ring (bicyclic) bond motifs is 3. The van der Waals surface area contributed by atoms with Gasteiger partial charge in [-0.3, -0.25) is 9.59 Å². The van der Waals surface area contributed by atoms with Gasteiger partial charge in [0.15, 0.2) is 5.41 Å². The van der Waals surface area contributed by atoms with Crippen LogP contribution in [-0.4, -0.2) is 19.0 Å². The molecule has 0 unspecified atom stereocenters. The van der Waals surface area contributed by atoms with Crippen molar-refractivity contribution < 1.29 is 14.3 Å². The summed E-state index contributed by atoms with van der Waals surface area (Å²) in [5.41, 5.74) is 3.50. The molecule has 2 aliphatic heterocycles. The second kappa shape index (κ2) is 7.27. The smallest absolute Gasteiger partial charge is 0.324 e. The molecule has 5 nitrogen and oxygen atoms in total. The monoisotopic (exact) mass is 412 g/mol. The van der Waals surface area contributed by atoms with Gasteiger partial charge in [-0.2, -0.15) is 0 Å². The molecule has 0 spiro atoms. The third-order valence-corrected chi connectivity index (χ3v) is 6.54. The fourth-order valence-electron chi connectivity index (χ4n) is 5.20. The van der Waals surface area contributed by atoms with E-state index in [1.807, 2.05) is 60.7 Å². The zero-order valence-corrected chi connectivity index (χ0v) is 17.5. The van der Waals surface area contributed by atoms with Crippen molar-refractivity contribution in [3.8, 4) is 0 Å². The Hall–Kier alpha value is -3.60. The summed E-state index contributed by atoms with van der Waals surface area (Å²) in [7, 11) is 1.36. The zero-order chi connectivity index (χ0) is 21.6. The summed E-state index contributed by atoms with van der Waals surface area (Å²) < 4.78 is 5.25. The zero-order valence-electron chi connectivity index (χ0n) is 17.5. The number of benzene rings is 3. The van der Waals surface area contributed by atoms with Gasteiger partial charge in [0.05, 0.1) is 19.2 Å². The van der Waals surface area contributed by atoms with Gasteiger partial charge in [-0.05, 0) is 42.7 Å². The van der Waals surface area contributed by atoms with E-state index in [9.17, 15) is 9.59 Å². The van der Waals surface area contributed by atoms with E-state index < -0.39 is 17.4 Å². The molecule has 0 radical (unpaired) electrons. The molecule has 3 aromatic rings. The maximum Gasteiger partial charge on any atom is 0.324 e. The van der Waals surface area contributed by atoms with Gasteiger partial charge in [0.1, 0.15) is 0 Å². The molecule has 3 aromatic carbocycles. The summed E-state index contributed by atoms with van der Waals surface area (Å²) in [4.78, 5) is 29.1. The molecular weight excluding hydrogens is 388 g/mol. The van der Waals surface area contributed by atoms with Crippen LogP contribution in [0.3, 0.4) is 0 Å². The molecule has 0 aliphatic carbocycles. The minimum absolute atomic E-state index is 0.164. The maximum atomic E-state index is 13.5. The van der Waals surface area contributed by atoms with Crippen molar-refractivity contribution in [2.75, 3.05) is 17.3 Å². The van der Waals surface area contributed by atoms with E-state index >= 15 is 0 Å². The van der Waals surface area contributed by atoms with Crippen molar-refractivity contribution in [3.63, 3.8) is 0 Å². The molecule has 156 valence electrons. The Bertz CT molecular complexity index is 1160. The van der Waals surface area contributed by atoms with Crippen LogP contribution in [0.4, 0.5) is 11.4 Å². The van der Waals surface area contributed by atoms with Crippen molar-refractivity contribution in [1.29, 1.82) is 0 Å². The molecular formula is C26H24N2O3. The summed E-state index contributed by atoms with van der Waals surface area (Å²) >= 11 is 0. The SMILES string of the molecule is COC(=O)[C@]12C[C@@H](c3cccc(C)c3)N(c3ccccc3)[C@H]1c1ccccc1NC2=O. The fourth-order valence-corrected chi connectivity index (χ4v) is 5.20. The Morgan fingerprint density at radius 2 is 1.77 bits per heavy atom. The summed E-state index contributed by atoms with van der Waals surface area (Å²) in [6.07, 6.45) is 0.336. The molecule has 2 aliphatic rings. The number of rotatable bonds is 3. The highest BCUT2D eigenvalue weighted by Gasteiger charge is 2.65. The first-order chi connectivity index (χ1) is 15.1. The molecule has 0 aromatic heterocycles. The number of amides is 1. The quantitative estimate of drug-likeness (QED) is 0.496. The van der Waals surface area contributed by atoms with Gasteiger partial charge in [0, 0.05) is 11.4 Å². The lowest BCUT2D eigenvalue weighted by atomic mass is 9.72. The number of carbonyl (C=O) groups is 2. The highest BCUT2D eigenvalue weighted by atomic mass is 16.5. The molecule has 31 heavy (non-hydrogen) atoms. The number of para-hydroxylation sites is 2. The van der Waals surface area contributed by atoms with Crippen LogP contribution in [0.15, 0.2) is 78.9 Å². The summed E-state index contributed by atoms with van der Waals surface area (Å²) in [6, 6.07) is 25.4. The van der Waals surface area contributed by atoms with Crippen LogP contribution in [0.5, 0.6) is 0 Å². The first-order valence-electron chi connectivity index (χ1n) is 10.4. The number of esters is 1. The lowest BCUT2D eigenvalue weighted by Crippen LogP contribution is -2.51. The molecule has 0 saturated carbocycles. The van der Waals surface area contributed by atoms with Crippen LogP contribution in [0.1, 0.15) is 35.2 Å². The number of anilines is 2. The van der Waals surface area contributed by atoms with E-state index in [4.69, 9.17) is 4.74 Å². The van der Waals surface area contributed by atoms with Crippen molar-refractivity contribution in [2.45, 2.75) is 25.4 Å². The molecule has 1 amide bonds. The molecule has 1 fully saturated rings. The van der Waals surface area contributed by atoms with Gasteiger partial charge in [-0.15, -0.1) is 0 Å². The van der Waals surface area contributed by atoms with Crippen molar-refractivity contribution >= 4 is 23.3 Å². The average Bonchev–Trinajstić information content (AvgIpc) is 3.17. The third-order valence-electron chi connectivity index (χ3n) is 6.54. The van der Waals surface area contributed by atoms with Crippen LogP contribution < -0.4 is 10.2 Å². The van der Waals surface area contributed by atoms with E-state index in [-0.39, 0.29) is 11.9 Å². The molecule has 5 heteroatoms. The Balaban J connectivity index is 1.79. The van der Waals surface area contributed by atoms with Gasteiger partial charge in [-0.1, -0.05) is 66.2 Å². The second-order valence-electron chi connectivity index (χ2n) is 8.28. The number of hydrogen-bond acceptors (Lipinski definition) is 4. The number of carbonyl (C=O) groups excluding carboxylic acids is 2. The van der Waals surface area contributed by atoms with Crippen molar-refractivity contribution in [2.24, 2.45) is 5.41 Å². The standard InChI is InChI=1S/C26H24N2O3/c1-17-9-8-10-18(15-17)22-16-26(25(30)31-2)23(28(22)19-11-4-3-5-12-19)20-13-6-7-14-21(20)27-24(26)29/h3-15,22-23H,16H2,1-2H3,(H,27,29)/t22-,23-,26+/m0/s1. The lowest BCUT2D eigenvalue weighted by molar-refractivity contribution is -0.158. The minimum atomic E-state index is -1.34. The van der Waals surface area contributed by atoms with Crippen LogP contribution >= 0.6 is 0 Å². The first-order valence-corrected chi connectivity index (χ1v) is 10.4. The summed E-state index contributed by atoms with van der Waals surface area (Å²) in [5.74, 6) is -0.806. The Labute approximate surface area is 181 Å². The number of nitrogens with one attached hydrogen (secondary N) is 1. The Kier molecular flexibility index (Phi) is 4.54. The highest BCUT2D eigenvalue weighted by Crippen LogP contribution is 2.60. The normalized spacial score (nSPS) is 24.2. The first kappa shape index (κ1) is 19.4. The van der Waals surface area contributed by atoms with Gasteiger partial charge < -0.3 is 15.0 Å². The van der Waals surface area contributed by atoms with Crippen LogP contribution in [0.2, 0.25) is 0 Å². The number of aryl methyl sites for hydroxylation is 1. The average molecular weight is 412 g/mol. The van der Waals surface area contributed by atoms with Crippen molar-refractivity contribution in [3.05, 3.63) is 95.6 Å². The Morgan fingerprint density at radius 3 is 2.52 bits per heavy atom. The maximum absolute atomic E-state index is 13.5. The largest absolute Gasteiger partial charge is 0.468 e. The fraction of sp³-hybridized carbons (Fsp3) is 0.231. The van der Waals surface area contributed by atoms with Crippen LogP contribution in [0, 0.1) is 12.3 Å². The number of hydrogen-bond donors (Lipinski definition) is 1. The number of methoxy groups -OCH3 is 1. The predicted molar refractivity (Wildman–Crippen MR) is 120 cm³/mol. The Morgan fingerprint density at radius 1 is 1.03 bits per heavy atom. The predicted octanol–water partition coefficient (Wildman–Crippen LogP) is 4.80. The third kappa shape index (κ3) is 2.84. The molecule has 1 N–H and O–H groups in total. The number of ether oxygens (including phenoxy) is 1. The van der Waals surface area contributed by atoms with E-state index in [1.165, 1.54) is 7.11 Å². The number of nitrogens with zero attached hydrogens (tertiary/aromatic N) is 1. The van der Waals surface area contributed by atoms with E-state index in [2.05, 4.69) is 35.3 Å². The lowest BCUT2D eigenvalue weighted by Gasteiger charge is -2.41. The van der Waals surface area contributed by atoms with E-state index in [0.29, 0.717) is 6.42 Å². The summed E-state index contributed by atoms with van der Waals surface area (Å²) in [6.45, 7) is 2.05. The molecule has 1 saturated heterocycles. The van der Waals surface area contributed by atoms with Crippen LogP contribution in [0.25, 0.3) is 0 Å². The van der Waals surface area contributed by atoms with Crippen molar-refractivity contribution in [1.82, 2.24) is 0 Å². The molecule has 3 atom stereocenters. The van der Waals surface area contributed by atoms with Gasteiger partial charge >= 0.3 is 5.97 Å². The molecule has 0 bridgehead atoms. The van der Waals surface area contributed by atoms with E-state index in [0.717, 1.165) is 28.1 Å². The van der Waals surface area contributed by atoms with Crippen LogP contribution in [-0.2, 0) is 14.3 Å². The minimum Gasteiger partial charge on any atom is -0.468 e.